The fourth-order valence-corrected chi connectivity index (χ4v) is 2.79. The zero-order valence-electron chi connectivity index (χ0n) is 14.2. The quantitative estimate of drug-likeness (QED) is 0.356. The molecule has 0 heterocycles. The summed E-state index contributed by atoms with van der Waals surface area (Å²) in [5.74, 6) is 0.345. The summed E-state index contributed by atoms with van der Waals surface area (Å²) in [5, 5.41) is 12.4. The average molecular weight is 522 g/mol. The van der Waals surface area contributed by atoms with E-state index in [-0.39, 0.29) is 30.6 Å². The van der Waals surface area contributed by atoms with Gasteiger partial charge < -0.3 is 15.3 Å². The maximum atomic E-state index is 13.4. The van der Waals surface area contributed by atoms with Gasteiger partial charge in [0.25, 0.3) is 0 Å². The predicted molar refractivity (Wildman–Crippen MR) is 114 cm³/mol. The van der Waals surface area contributed by atoms with Gasteiger partial charge in [0.2, 0.25) is 0 Å². The molecule has 2 N–H and O–H groups in total. The molecule has 0 atom stereocenters. The van der Waals surface area contributed by atoms with E-state index in [0.29, 0.717) is 18.7 Å². The van der Waals surface area contributed by atoms with E-state index in [2.05, 4.69) is 32.3 Å². The molecule has 0 fully saturated rings. The second-order valence-corrected chi connectivity index (χ2v) is 6.29. The molecular weight excluding hydrogens is 500 g/mol. The van der Waals surface area contributed by atoms with Gasteiger partial charge in [0.15, 0.2) is 5.96 Å². The van der Waals surface area contributed by atoms with Gasteiger partial charge >= 0.3 is 0 Å². The Hall–Kier alpha value is -1.19. The van der Waals surface area contributed by atoms with Crippen molar-refractivity contribution in [1.82, 2.24) is 10.2 Å². The Morgan fingerprint density at radius 3 is 2.60 bits per heavy atom. The molecule has 0 aromatic heterocycles. The van der Waals surface area contributed by atoms with Gasteiger partial charge in [-0.15, -0.1) is 24.0 Å². The Bertz CT molecular complexity index is 727. The minimum atomic E-state index is -0.392. The summed E-state index contributed by atoms with van der Waals surface area (Å²) in [6, 6.07) is 12.8. The molecule has 2 rings (SSSR count). The van der Waals surface area contributed by atoms with Crippen LogP contribution in [0.1, 0.15) is 16.7 Å². The van der Waals surface area contributed by atoms with Crippen LogP contribution in [-0.4, -0.2) is 30.1 Å². The van der Waals surface area contributed by atoms with Crippen molar-refractivity contribution < 1.29 is 9.50 Å². The summed E-state index contributed by atoms with van der Waals surface area (Å²) in [5.41, 5.74) is 2.34. The van der Waals surface area contributed by atoms with Crippen LogP contribution in [0.25, 0.3) is 0 Å². The molecule has 2 aromatic carbocycles. The van der Waals surface area contributed by atoms with Crippen molar-refractivity contribution in [2.75, 3.05) is 14.1 Å². The molecule has 0 bridgehead atoms. The van der Waals surface area contributed by atoms with Gasteiger partial charge in [0.05, 0.1) is 6.61 Å². The van der Waals surface area contributed by atoms with Gasteiger partial charge in [-0.2, -0.15) is 0 Å². The van der Waals surface area contributed by atoms with Crippen LogP contribution in [0.5, 0.6) is 0 Å². The minimum Gasteiger partial charge on any atom is -0.392 e. The van der Waals surface area contributed by atoms with Crippen molar-refractivity contribution in [2.24, 2.45) is 4.99 Å². The highest BCUT2D eigenvalue weighted by atomic mass is 127. The van der Waals surface area contributed by atoms with Crippen LogP contribution in [-0.2, 0) is 19.7 Å². The van der Waals surface area contributed by atoms with Crippen molar-refractivity contribution >= 4 is 45.9 Å². The number of halogens is 3. The van der Waals surface area contributed by atoms with E-state index in [1.54, 1.807) is 19.2 Å². The van der Waals surface area contributed by atoms with Gasteiger partial charge in [-0.3, -0.25) is 4.99 Å². The predicted octanol–water partition coefficient (Wildman–Crippen LogP) is 3.91. The lowest BCUT2D eigenvalue weighted by Gasteiger charge is -2.23. The topological polar surface area (TPSA) is 47.9 Å². The Morgan fingerprint density at radius 2 is 1.96 bits per heavy atom. The average Bonchev–Trinajstić information content (AvgIpc) is 2.58. The second kappa shape index (κ2) is 10.7. The lowest BCUT2D eigenvalue weighted by Crippen LogP contribution is -2.38. The maximum Gasteiger partial charge on any atom is 0.193 e. The highest BCUT2D eigenvalue weighted by Gasteiger charge is 2.09. The van der Waals surface area contributed by atoms with Gasteiger partial charge in [-0.05, 0) is 29.3 Å². The van der Waals surface area contributed by atoms with Crippen molar-refractivity contribution in [2.45, 2.75) is 19.7 Å². The Morgan fingerprint density at radius 1 is 1.24 bits per heavy atom. The van der Waals surface area contributed by atoms with Crippen molar-refractivity contribution in [1.29, 1.82) is 0 Å². The van der Waals surface area contributed by atoms with Gasteiger partial charge in [0, 0.05) is 37.2 Å². The summed E-state index contributed by atoms with van der Waals surface area (Å²) >= 11 is 3.55. The lowest BCUT2D eigenvalue weighted by molar-refractivity contribution is 0.275. The molecule has 2 aromatic rings. The largest absolute Gasteiger partial charge is 0.392 e. The van der Waals surface area contributed by atoms with Crippen LogP contribution in [0.3, 0.4) is 0 Å². The molecule has 0 aliphatic heterocycles. The Labute approximate surface area is 173 Å². The molecule has 0 spiro atoms. The highest BCUT2D eigenvalue weighted by molar-refractivity contribution is 14.0. The number of hydrogen-bond donors (Lipinski definition) is 2. The van der Waals surface area contributed by atoms with Crippen molar-refractivity contribution in [3.05, 3.63) is 69.4 Å². The van der Waals surface area contributed by atoms with Crippen LogP contribution in [0.2, 0.25) is 0 Å². The second-order valence-electron chi connectivity index (χ2n) is 5.43. The van der Waals surface area contributed by atoms with E-state index in [1.807, 2.05) is 30.1 Å². The smallest absolute Gasteiger partial charge is 0.193 e. The van der Waals surface area contributed by atoms with E-state index in [9.17, 15) is 4.39 Å². The van der Waals surface area contributed by atoms with Crippen LogP contribution < -0.4 is 5.32 Å². The fourth-order valence-electron chi connectivity index (χ4n) is 2.38. The lowest BCUT2D eigenvalue weighted by atomic mass is 10.1. The van der Waals surface area contributed by atoms with Gasteiger partial charge in [-0.1, -0.05) is 40.2 Å². The number of hydrogen-bond acceptors (Lipinski definition) is 2. The van der Waals surface area contributed by atoms with E-state index in [0.717, 1.165) is 21.6 Å². The van der Waals surface area contributed by atoms with Crippen LogP contribution in [0.15, 0.2) is 51.9 Å². The molecule has 4 nitrogen and oxygen atoms in total. The first-order chi connectivity index (χ1) is 11.5. The Kier molecular flexibility index (Phi) is 9.37. The third-order valence-electron chi connectivity index (χ3n) is 3.67. The molecular formula is C18H22BrFIN3O. The number of aliphatic hydroxyl groups excluding tert-OH is 1. The number of aliphatic hydroxyl groups is 1. The summed E-state index contributed by atoms with van der Waals surface area (Å²) in [4.78, 5) is 6.29. The van der Waals surface area contributed by atoms with Gasteiger partial charge in [-0.25, -0.2) is 4.39 Å². The number of nitrogens with one attached hydrogen (secondary N) is 1. The molecule has 0 saturated carbocycles. The van der Waals surface area contributed by atoms with Crippen LogP contribution in [0.4, 0.5) is 4.39 Å². The maximum absolute atomic E-state index is 13.4. The Balaban J connectivity index is 0.00000312. The molecule has 7 heteroatoms. The standard InChI is InChI=1S/C18H21BrFN3O.HI/c1-21-18(23(2)11-14-5-3-4-6-16(14)19)22-10-13-7-8-17(20)15(9-13)12-24;/h3-9,24H,10-12H2,1-2H3,(H,21,22);1H. The summed E-state index contributed by atoms with van der Waals surface area (Å²) in [7, 11) is 3.68. The van der Waals surface area contributed by atoms with Crippen molar-refractivity contribution in [3.8, 4) is 0 Å². The third kappa shape index (κ3) is 6.23. The van der Waals surface area contributed by atoms with E-state index >= 15 is 0 Å². The number of guanidine groups is 1. The normalized spacial score (nSPS) is 11.0. The first kappa shape index (κ1) is 21.9. The van der Waals surface area contributed by atoms with E-state index in [4.69, 9.17) is 5.11 Å². The van der Waals surface area contributed by atoms with E-state index in [1.165, 1.54) is 6.07 Å². The summed E-state index contributed by atoms with van der Waals surface area (Å²) < 4.78 is 14.5. The molecule has 0 aliphatic rings. The molecule has 0 amide bonds. The molecule has 0 unspecified atom stereocenters. The molecule has 0 aliphatic carbocycles. The third-order valence-corrected chi connectivity index (χ3v) is 4.44. The monoisotopic (exact) mass is 521 g/mol. The summed E-state index contributed by atoms with van der Waals surface area (Å²) in [6.45, 7) is 0.892. The number of benzene rings is 2. The van der Waals surface area contributed by atoms with Crippen LogP contribution in [0, 0.1) is 5.82 Å². The van der Waals surface area contributed by atoms with Crippen LogP contribution >= 0.6 is 39.9 Å². The summed E-state index contributed by atoms with van der Waals surface area (Å²) in [6.07, 6.45) is 0. The molecule has 0 saturated heterocycles. The minimum absolute atomic E-state index is 0. The highest BCUT2D eigenvalue weighted by Crippen LogP contribution is 2.17. The zero-order chi connectivity index (χ0) is 17.5. The molecule has 0 radical (unpaired) electrons. The van der Waals surface area contributed by atoms with Crippen molar-refractivity contribution in [3.63, 3.8) is 0 Å². The first-order valence-electron chi connectivity index (χ1n) is 7.58. The SMILES string of the molecule is CN=C(NCc1ccc(F)c(CO)c1)N(C)Cc1ccccc1Br.I. The first-order valence-corrected chi connectivity index (χ1v) is 8.37. The van der Waals surface area contributed by atoms with E-state index < -0.39 is 5.82 Å². The number of nitrogens with zero attached hydrogens (tertiary/aromatic N) is 2. The van der Waals surface area contributed by atoms with Gasteiger partial charge in [0.1, 0.15) is 5.82 Å². The molecule has 136 valence electrons. The molecule has 25 heavy (non-hydrogen) atoms. The fraction of sp³-hybridized carbons (Fsp3) is 0.278. The number of aliphatic imine (C=N–C) groups is 1. The number of rotatable bonds is 5. The zero-order valence-corrected chi connectivity index (χ0v) is 18.1.